The molecule has 0 saturated heterocycles. The molecule has 118 valence electrons. The number of ether oxygens (including phenoxy) is 3. The zero-order valence-corrected chi connectivity index (χ0v) is 12.0. The van der Waals surface area contributed by atoms with Crippen molar-refractivity contribution in [1.29, 1.82) is 0 Å². The zero-order chi connectivity index (χ0) is 15.5. The van der Waals surface area contributed by atoms with Crippen molar-refractivity contribution in [3.8, 4) is 0 Å². The van der Waals surface area contributed by atoms with E-state index in [0.29, 0.717) is 37.6 Å². The van der Waals surface area contributed by atoms with E-state index in [0.717, 1.165) is 6.42 Å². The fourth-order valence-electron chi connectivity index (χ4n) is 1.66. The monoisotopic (exact) mass is 300 g/mol. The van der Waals surface area contributed by atoms with Crippen molar-refractivity contribution in [2.45, 2.75) is 13.0 Å². The number of rotatable bonds is 10. The van der Waals surface area contributed by atoms with Gasteiger partial charge in [0.15, 0.2) is 5.84 Å². The van der Waals surface area contributed by atoms with Gasteiger partial charge in [0.25, 0.3) is 0 Å². The molecule has 0 bridgehead atoms. The third-order valence-electron chi connectivity index (χ3n) is 2.72. The van der Waals surface area contributed by atoms with Gasteiger partial charge in [-0.2, -0.15) is 0 Å². The fourth-order valence-corrected chi connectivity index (χ4v) is 1.66. The molecule has 1 rings (SSSR count). The van der Waals surface area contributed by atoms with Gasteiger partial charge >= 0.3 is 0 Å². The summed E-state index contributed by atoms with van der Waals surface area (Å²) in [6.07, 6.45) is 0.740. The van der Waals surface area contributed by atoms with Gasteiger partial charge in [-0.05, 0) is 24.1 Å². The third kappa shape index (κ3) is 6.52. The smallest absolute Gasteiger partial charge is 0.170 e. The number of halogens is 1. The molecule has 1 aromatic carbocycles. The van der Waals surface area contributed by atoms with E-state index in [1.807, 2.05) is 0 Å². The van der Waals surface area contributed by atoms with Gasteiger partial charge < -0.3 is 25.2 Å². The van der Waals surface area contributed by atoms with Crippen LogP contribution in [-0.2, 0) is 20.8 Å². The molecular weight excluding hydrogens is 279 g/mol. The van der Waals surface area contributed by atoms with Gasteiger partial charge in [-0.15, -0.1) is 0 Å². The number of oxime groups is 1. The highest BCUT2D eigenvalue weighted by molar-refractivity contribution is 5.98. The summed E-state index contributed by atoms with van der Waals surface area (Å²) in [6.45, 7) is 2.46. The highest BCUT2D eigenvalue weighted by atomic mass is 19.1. The Morgan fingerprint density at radius 2 is 2.00 bits per heavy atom. The predicted octanol–water partition coefficient (Wildman–Crippen LogP) is 1.49. The first-order valence-corrected chi connectivity index (χ1v) is 6.59. The van der Waals surface area contributed by atoms with Crippen LogP contribution in [0, 0.1) is 5.82 Å². The van der Waals surface area contributed by atoms with Crippen LogP contribution in [0.2, 0.25) is 0 Å². The molecule has 0 aliphatic carbocycles. The highest BCUT2D eigenvalue weighted by Crippen LogP contribution is 2.12. The van der Waals surface area contributed by atoms with E-state index in [2.05, 4.69) is 5.16 Å². The van der Waals surface area contributed by atoms with E-state index < -0.39 is 5.82 Å². The Bertz CT molecular complexity index is 455. The van der Waals surface area contributed by atoms with E-state index in [4.69, 9.17) is 25.2 Å². The molecule has 0 aromatic heterocycles. The van der Waals surface area contributed by atoms with Crippen molar-refractivity contribution in [3.63, 3.8) is 0 Å². The topological polar surface area (TPSA) is 86.3 Å². The maximum atomic E-state index is 13.2. The van der Waals surface area contributed by atoms with Crippen LogP contribution in [0.3, 0.4) is 0 Å². The molecule has 3 N–H and O–H groups in total. The maximum absolute atomic E-state index is 13.2. The standard InChI is InChI=1S/C14H21FN2O4/c1-19-7-8-20-5-2-6-21-10-11-3-4-12(15)9-13(11)14(16)17-18/h3-4,9,18H,2,5-8,10H2,1H3,(H2,16,17). The first-order valence-electron chi connectivity index (χ1n) is 6.59. The van der Waals surface area contributed by atoms with Crippen molar-refractivity contribution in [1.82, 2.24) is 0 Å². The first-order chi connectivity index (χ1) is 10.2. The van der Waals surface area contributed by atoms with Gasteiger partial charge in [0.2, 0.25) is 0 Å². The molecule has 0 radical (unpaired) electrons. The Balaban J connectivity index is 2.35. The van der Waals surface area contributed by atoms with Gasteiger partial charge in [0, 0.05) is 25.9 Å². The van der Waals surface area contributed by atoms with Gasteiger partial charge in [0.05, 0.1) is 19.8 Å². The predicted molar refractivity (Wildman–Crippen MR) is 75.9 cm³/mol. The van der Waals surface area contributed by atoms with Crippen molar-refractivity contribution in [2.24, 2.45) is 10.9 Å². The summed E-state index contributed by atoms with van der Waals surface area (Å²) in [4.78, 5) is 0. The minimum atomic E-state index is -0.452. The number of nitrogens with two attached hydrogens (primary N) is 1. The second-order valence-corrected chi connectivity index (χ2v) is 4.30. The molecule has 0 fully saturated rings. The Kier molecular flexibility index (Phi) is 8.34. The van der Waals surface area contributed by atoms with E-state index in [1.165, 1.54) is 12.1 Å². The molecule has 21 heavy (non-hydrogen) atoms. The van der Waals surface area contributed by atoms with Crippen molar-refractivity contribution < 1.29 is 23.8 Å². The Morgan fingerprint density at radius 3 is 2.71 bits per heavy atom. The molecule has 0 saturated carbocycles. The molecule has 6 nitrogen and oxygen atoms in total. The lowest BCUT2D eigenvalue weighted by molar-refractivity contribution is 0.0483. The lowest BCUT2D eigenvalue weighted by Gasteiger charge is -2.09. The second-order valence-electron chi connectivity index (χ2n) is 4.30. The second kappa shape index (κ2) is 10.1. The zero-order valence-electron chi connectivity index (χ0n) is 12.0. The maximum Gasteiger partial charge on any atom is 0.170 e. The summed E-state index contributed by atoms with van der Waals surface area (Å²) >= 11 is 0. The average molecular weight is 300 g/mol. The van der Waals surface area contributed by atoms with Crippen LogP contribution in [0.5, 0.6) is 0 Å². The molecule has 0 unspecified atom stereocenters. The molecule has 0 amide bonds. The molecule has 0 spiro atoms. The number of amidine groups is 1. The molecule has 0 aliphatic rings. The van der Waals surface area contributed by atoms with E-state index in [9.17, 15) is 4.39 Å². The van der Waals surface area contributed by atoms with Crippen molar-refractivity contribution in [2.75, 3.05) is 33.5 Å². The number of methoxy groups -OCH3 is 1. The highest BCUT2D eigenvalue weighted by Gasteiger charge is 2.08. The van der Waals surface area contributed by atoms with Crippen molar-refractivity contribution >= 4 is 5.84 Å². The molecular formula is C14H21FN2O4. The van der Waals surface area contributed by atoms with E-state index in [1.54, 1.807) is 13.2 Å². The van der Waals surface area contributed by atoms with E-state index in [-0.39, 0.29) is 12.4 Å². The lowest BCUT2D eigenvalue weighted by atomic mass is 10.1. The van der Waals surface area contributed by atoms with Crippen LogP contribution < -0.4 is 5.73 Å². The molecule has 0 aliphatic heterocycles. The SMILES string of the molecule is COCCOCCCOCc1ccc(F)cc1/C(N)=N/O. The third-order valence-corrected chi connectivity index (χ3v) is 2.72. The largest absolute Gasteiger partial charge is 0.409 e. The molecule has 7 heteroatoms. The Morgan fingerprint density at radius 1 is 1.24 bits per heavy atom. The number of benzene rings is 1. The summed E-state index contributed by atoms with van der Waals surface area (Å²) in [6, 6.07) is 4.07. The normalized spacial score (nSPS) is 11.8. The van der Waals surface area contributed by atoms with Crippen LogP contribution in [0.15, 0.2) is 23.4 Å². The van der Waals surface area contributed by atoms with Gasteiger partial charge in [-0.25, -0.2) is 4.39 Å². The number of hydrogen-bond donors (Lipinski definition) is 2. The van der Waals surface area contributed by atoms with Crippen LogP contribution in [-0.4, -0.2) is 44.6 Å². The van der Waals surface area contributed by atoms with Crippen LogP contribution >= 0.6 is 0 Å². The summed E-state index contributed by atoms with van der Waals surface area (Å²) in [5, 5.41) is 11.6. The van der Waals surface area contributed by atoms with Crippen LogP contribution in [0.1, 0.15) is 17.5 Å². The minimum absolute atomic E-state index is 0.143. The quantitative estimate of drug-likeness (QED) is 0.225. The van der Waals surface area contributed by atoms with Gasteiger partial charge in [-0.3, -0.25) is 0 Å². The van der Waals surface area contributed by atoms with Crippen molar-refractivity contribution in [3.05, 3.63) is 35.1 Å². The molecule has 0 heterocycles. The number of hydrogen-bond acceptors (Lipinski definition) is 5. The summed E-state index contributed by atoms with van der Waals surface area (Å²) < 4.78 is 28.8. The molecule has 1 aromatic rings. The minimum Gasteiger partial charge on any atom is -0.409 e. The van der Waals surface area contributed by atoms with E-state index >= 15 is 0 Å². The Labute approximate surface area is 123 Å². The van der Waals surface area contributed by atoms with Crippen LogP contribution in [0.25, 0.3) is 0 Å². The average Bonchev–Trinajstić information content (AvgIpc) is 2.50. The molecule has 0 atom stereocenters. The lowest BCUT2D eigenvalue weighted by Crippen LogP contribution is -2.16. The first kappa shape index (κ1) is 17.4. The number of nitrogens with zero attached hydrogens (tertiary/aromatic N) is 1. The Hall–Kier alpha value is -1.70. The van der Waals surface area contributed by atoms with Gasteiger partial charge in [0.1, 0.15) is 5.82 Å². The summed E-state index contributed by atoms with van der Waals surface area (Å²) in [5.41, 5.74) is 6.50. The fraction of sp³-hybridized carbons (Fsp3) is 0.500. The summed E-state index contributed by atoms with van der Waals surface area (Å²) in [5.74, 6) is -0.595. The van der Waals surface area contributed by atoms with Crippen LogP contribution in [0.4, 0.5) is 4.39 Å². The summed E-state index contributed by atoms with van der Waals surface area (Å²) in [7, 11) is 1.62. The van der Waals surface area contributed by atoms with Gasteiger partial charge in [-0.1, -0.05) is 11.2 Å².